The molecule has 0 aliphatic rings. The SMILES string of the molecule is CC(Nc1cnc(C(=O)O)cn1)c1ccn(C(C)C)n1. The summed E-state index contributed by atoms with van der Waals surface area (Å²) < 4.78 is 1.88. The Morgan fingerprint density at radius 1 is 1.30 bits per heavy atom. The van der Waals surface area contributed by atoms with Gasteiger partial charge in [0.2, 0.25) is 0 Å². The van der Waals surface area contributed by atoms with Gasteiger partial charge in [-0.15, -0.1) is 0 Å². The van der Waals surface area contributed by atoms with Crippen molar-refractivity contribution in [1.29, 1.82) is 0 Å². The Hall–Kier alpha value is -2.44. The summed E-state index contributed by atoms with van der Waals surface area (Å²) in [4.78, 5) is 18.5. The van der Waals surface area contributed by atoms with Crippen LogP contribution in [0.4, 0.5) is 5.82 Å². The molecule has 1 atom stereocenters. The standard InChI is InChI=1S/C13H17N5O2/c1-8(2)18-5-4-10(17-18)9(3)16-12-7-14-11(6-15-12)13(19)20/h4-9H,1-3H3,(H,15,16)(H,19,20). The molecule has 0 aromatic carbocycles. The van der Waals surface area contributed by atoms with E-state index in [4.69, 9.17) is 5.11 Å². The molecule has 0 saturated heterocycles. The Kier molecular flexibility index (Phi) is 3.97. The molecular weight excluding hydrogens is 258 g/mol. The van der Waals surface area contributed by atoms with Crippen LogP contribution in [0.15, 0.2) is 24.7 Å². The molecule has 7 heteroatoms. The number of nitrogens with one attached hydrogen (secondary N) is 1. The van der Waals surface area contributed by atoms with Crippen LogP contribution in [-0.4, -0.2) is 30.8 Å². The number of hydrogen-bond acceptors (Lipinski definition) is 5. The van der Waals surface area contributed by atoms with Gasteiger partial charge >= 0.3 is 5.97 Å². The first-order chi connectivity index (χ1) is 9.47. The Morgan fingerprint density at radius 3 is 2.55 bits per heavy atom. The Morgan fingerprint density at radius 2 is 2.05 bits per heavy atom. The third kappa shape index (κ3) is 3.11. The lowest BCUT2D eigenvalue weighted by atomic mass is 10.2. The van der Waals surface area contributed by atoms with Gasteiger partial charge in [-0.05, 0) is 26.8 Å². The van der Waals surface area contributed by atoms with E-state index in [-0.39, 0.29) is 11.7 Å². The van der Waals surface area contributed by atoms with Crippen LogP contribution >= 0.6 is 0 Å². The average Bonchev–Trinajstić information content (AvgIpc) is 2.89. The van der Waals surface area contributed by atoms with Crippen LogP contribution in [0.1, 0.15) is 49.0 Å². The van der Waals surface area contributed by atoms with Crippen LogP contribution in [0.5, 0.6) is 0 Å². The zero-order valence-corrected chi connectivity index (χ0v) is 11.6. The van der Waals surface area contributed by atoms with Crippen LogP contribution in [0.25, 0.3) is 0 Å². The average molecular weight is 275 g/mol. The van der Waals surface area contributed by atoms with Gasteiger partial charge in [0.15, 0.2) is 5.69 Å². The van der Waals surface area contributed by atoms with Crippen molar-refractivity contribution in [2.24, 2.45) is 0 Å². The molecule has 0 bridgehead atoms. The zero-order valence-electron chi connectivity index (χ0n) is 11.6. The van der Waals surface area contributed by atoms with Gasteiger partial charge in [0.25, 0.3) is 0 Å². The first-order valence-electron chi connectivity index (χ1n) is 6.34. The molecule has 0 aliphatic carbocycles. The van der Waals surface area contributed by atoms with E-state index in [1.807, 2.05) is 23.9 Å². The molecule has 2 N–H and O–H groups in total. The van der Waals surface area contributed by atoms with Crippen LogP contribution in [0.3, 0.4) is 0 Å². The lowest BCUT2D eigenvalue weighted by molar-refractivity contribution is 0.0690. The molecule has 0 aliphatic heterocycles. The fraction of sp³-hybridized carbons (Fsp3) is 0.385. The predicted molar refractivity (Wildman–Crippen MR) is 73.6 cm³/mol. The quantitative estimate of drug-likeness (QED) is 0.868. The number of carboxylic acid groups (broad SMARTS) is 1. The van der Waals surface area contributed by atoms with Crippen molar-refractivity contribution >= 4 is 11.8 Å². The van der Waals surface area contributed by atoms with E-state index < -0.39 is 5.97 Å². The normalized spacial score (nSPS) is 12.4. The van der Waals surface area contributed by atoms with Crippen LogP contribution in [0.2, 0.25) is 0 Å². The highest BCUT2D eigenvalue weighted by Gasteiger charge is 2.11. The van der Waals surface area contributed by atoms with Crippen molar-refractivity contribution in [3.05, 3.63) is 36.0 Å². The number of nitrogens with zero attached hydrogens (tertiary/aromatic N) is 4. The molecule has 2 aromatic rings. The van der Waals surface area contributed by atoms with E-state index >= 15 is 0 Å². The molecule has 106 valence electrons. The monoisotopic (exact) mass is 275 g/mol. The highest BCUT2D eigenvalue weighted by Crippen LogP contribution is 2.16. The van der Waals surface area contributed by atoms with E-state index in [1.54, 1.807) is 0 Å². The number of aromatic carboxylic acids is 1. The van der Waals surface area contributed by atoms with Crippen LogP contribution in [0, 0.1) is 0 Å². The van der Waals surface area contributed by atoms with E-state index in [2.05, 4.69) is 34.2 Å². The van der Waals surface area contributed by atoms with Crippen molar-refractivity contribution in [2.75, 3.05) is 5.32 Å². The number of aromatic nitrogens is 4. The van der Waals surface area contributed by atoms with Gasteiger partial charge in [0.1, 0.15) is 5.82 Å². The van der Waals surface area contributed by atoms with Crippen molar-refractivity contribution in [1.82, 2.24) is 19.7 Å². The maximum absolute atomic E-state index is 10.7. The van der Waals surface area contributed by atoms with Gasteiger partial charge in [-0.3, -0.25) is 4.68 Å². The first kappa shape index (κ1) is 14.0. The molecule has 0 radical (unpaired) electrons. The second-order valence-corrected chi connectivity index (χ2v) is 4.77. The van der Waals surface area contributed by atoms with E-state index in [1.165, 1.54) is 12.4 Å². The Bertz CT molecular complexity index is 591. The molecule has 2 aromatic heterocycles. The summed E-state index contributed by atoms with van der Waals surface area (Å²) in [5.41, 5.74) is 0.815. The summed E-state index contributed by atoms with van der Waals surface area (Å²) >= 11 is 0. The maximum atomic E-state index is 10.7. The number of rotatable bonds is 5. The maximum Gasteiger partial charge on any atom is 0.356 e. The molecule has 0 amide bonds. The highest BCUT2D eigenvalue weighted by atomic mass is 16.4. The molecule has 1 unspecified atom stereocenters. The number of carbonyl (C=O) groups is 1. The molecule has 2 heterocycles. The second-order valence-electron chi connectivity index (χ2n) is 4.77. The van der Waals surface area contributed by atoms with E-state index in [0.29, 0.717) is 11.9 Å². The first-order valence-corrected chi connectivity index (χ1v) is 6.34. The smallest absolute Gasteiger partial charge is 0.356 e. The van der Waals surface area contributed by atoms with Gasteiger partial charge in [-0.25, -0.2) is 14.8 Å². The molecule has 0 fully saturated rings. The largest absolute Gasteiger partial charge is 0.476 e. The topological polar surface area (TPSA) is 92.9 Å². The number of hydrogen-bond donors (Lipinski definition) is 2. The zero-order chi connectivity index (χ0) is 14.7. The minimum Gasteiger partial charge on any atom is -0.476 e. The summed E-state index contributed by atoms with van der Waals surface area (Å²) in [6.07, 6.45) is 4.56. The Labute approximate surface area is 116 Å². The summed E-state index contributed by atoms with van der Waals surface area (Å²) in [6.45, 7) is 6.08. The second kappa shape index (κ2) is 5.68. The van der Waals surface area contributed by atoms with E-state index in [0.717, 1.165) is 5.69 Å². The summed E-state index contributed by atoms with van der Waals surface area (Å²) in [7, 11) is 0. The number of carboxylic acids is 1. The molecule has 2 rings (SSSR count). The lowest BCUT2D eigenvalue weighted by Gasteiger charge is -2.12. The van der Waals surface area contributed by atoms with Gasteiger partial charge in [0, 0.05) is 12.2 Å². The predicted octanol–water partition coefficient (Wildman–Crippen LogP) is 2.13. The van der Waals surface area contributed by atoms with Gasteiger partial charge in [-0.1, -0.05) is 0 Å². The summed E-state index contributed by atoms with van der Waals surface area (Å²) in [5, 5.41) is 16.4. The van der Waals surface area contributed by atoms with Gasteiger partial charge in [0.05, 0.1) is 24.1 Å². The molecule has 0 saturated carbocycles. The highest BCUT2D eigenvalue weighted by molar-refractivity contribution is 5.84. The number of anilines is 1. The molecule has 7 nitrogen and oxygen atoms in total. The van der Waals surface area contributed by atoms with Crippen molar-refractivity contribution in [3.63, 3.8) is 0 Å². The summed E-state index contributed by atoms with van der Waals surface area (Å²) in [6, 6.07) is 2.21. The third-order valence-corrected chi connectivity index (χ3v) is 2.84. The fourth-order valence-electron chi connectivity index (χ4n) is 1.68. The minimum atomic E-state index is -1.09. The van der Waals surface area contributed by atoms with Crippen molar-refractivity contribution in [3.8, 4) is 0 Å². The van der Waals surface area contributed by atoms with Crippen molar-refractivity contribution < 1.29 is 9.90 Å². The molecule has 0 spiro atoms. The third-order valence-electron chi connectivity index (χ3n) is 2.84. The minimum absolute atomic E-state index is 0.0417. The molecular formula is C13H17N5O2. The summed E-state index contributed by atoms with van der Waals surface area (Å²) in [5.74, 6) is -0.575. The van der Waals surface area contributed by atoms with Crippen LogP contribution < -0.4 is 5.32 Å². The fourth-order valence-corrected chi connectivity index (χ4v) is 1.68. The lowest BCUT2D eigenvalue weighted by Crippen LogP contribution is -2.11. The van der Waals surface area contributed by atoms with Gasteiger partial charge < -0.3 is 10.4 Å². The van der Waals surface area contributed by atoms with Crippen molar-refractivity contribution in [2.45, 2.75) is 32.9 Å². The van der Waals surface area contributed by atoms with Crippen LogP contribution in [-0.2, 0) is 0 Å². The van der Waals surface area contributed by atoms with E-state index in [9.17, 15) is 4.79 Å². The van der Waals surface area contributed by atoms with Gasteiger partial charge in [-0.2, -0.15) is 5.10 Å². The molecule has 20 heavy (non-hydrogen) atoms. The Balaban J connectivity index is 2.06.